The summed E-state index contributed by atoms with van der Waals surface area (Å²) in [6.45, 7) is 0. The lowest BCUT2D eigenvalue weighted by Crippen LogP contribution is -2.12. The largest absolute Gasteiger partial charge is 0.365 e. The number of hydrogen-bond donors (Lipinski definition) is 1. The molecule has 0 aliphatic rings. The highest BCUT2D eigenvalue weighted by atomic mass is 35.5. The summed E-state index contributed by atoms with van der Waals surface area (Å²) < 4.78 is 1.77. The Morgan fingerprint density at radius 2 is 1.95 bits per heavy atom. The summed E-state index contributed by atoms with van der Waals surface area (Å²) in [5.74, 6) is 0.228. The first kappa shape index (κ1) is 12.6. The maximum Gasteiger partial charge on any atom is 0.252 e. The number of carbonyl (C=O) groups is 1. The maximum atomic E-state index is 11.3. The molecule has 0 spiro atoms. The van der Waals surface area contributed by atoms with Crippen LogP contribution in [0.5, 0.6) is 0 Å². The molecule has 0 fully saturated rings. The first-order valence-corrected chi connectivity index (χ1v) is 6.40. The van der Waals surface area contributed by atoms with Gasteiger partial charge in [-0.05, 0) is 29.8 Å². The highest BCUT2D eigenvalue weighted by Crippen LogP contribution is 2.15. The molecule has 3 aromatic rings. The predicted molar refractivity (Wildman–Crippen MR) is 75.8 cm³/mol. The van der Waals surface area contributed by atoms with Gasteiger partial charge in [-0.2, -0.15) is 0 Å². The topological polar surface area (TPSA) is 73.3 Å². The molecule has 0 saturated heterocycles. The smallest absolute Gasteiger partial charge is 0.252 e. The molecule has 1 amide bonds. The van der Waals surface area contributed by atoms with Crippen molar-refractivity contribution in [2.75, 3.05) is 0 Å². The van der Waals surface area contributed by atoms with E-state index < -0.39 is 5.91 Å². The summed E-state index contributed by atoms with van der Waals surface area (Å²) in [4.78, 5) is 11.3. The normalized spacial score (nSPS) is 10.8. The van der Waals surface area contributed by atoms with Gasteiger partial charge in [-0.15, -0.1) is 10.2 Å². The molecule has 6 heteroatoms. The lowest BCUT2D eigenvalue weighted by atomic mass is 10.1. The minimum absolute atomic E-state index is 0.363. The van der Waals surface area contributed by atoms with E-state index in [0.717, 1.165) is 11.4 Å². The zero-order valence-electron chi connectivity index (χ0n) is 10.5. The summed E-state index contributed by atoms with van der Waals surface area (Å²) in [5.41, 5.74) is 7.23. The van der Waals surface area contributed by atoms with E-state index in [2.05, 4.69) is 10.2 Å². The molecule has 0 unspecified atom stereocenters. The van der Waals surface area contributed by atoms with Gasteiger partial charge >= 0.3 is 0 Å². The van der Waals surface area contributed by atoms with Gasteiger partial charge in [0.05, 0.1) is 5.56 Å². The van der Waals surface area contributed by atoms with E-state index in [1.165, 1.54) is 0 Å². The van der Waals surface area contributed by atoms with Crippen LogP contribution < -0.4 is 5.73 Å². The van der Waals surface area contributed by atoms with Crippen LogP contribution in [0.4, 0.5) is 0 Å². The van der Waals surface area contributed by atoms with E-state index in [-0.39, 0.29) is 0 Å². The number of fused-ring (bicyclic) bond motifs is 1. The Labute approximate surface area is 120 Å². The van der Waals surface area contributed by atoms with E-state index in [0.29, 0.717) is 22.7 Å². The molecule has 5 nitrogen and oxygen atoms in total. The Hall–Kier alpha value is -2.40. The van der Waals surface area contributed by atoms with Crippen LogP contribution in [0.25, 0.3) is 5.65 Å². The van der Waals surface area contributed by atoms with Gasteiger partial charge in [0.1, 0.15) is 5.82 Å². The monoisotopic (exact) mass is 286 g/mol. The van der Waals surface area contributed by atoms with Gasteiger partial charge in [0.25, 0.3) is 5.91 Å². The number of nitrogens with two attached hydrogens (primary N) is 1. The molecule has 2 N–H and O–H groups in total. The molecule has 0 radical (unpaired) electrons. The Kier molecular flexibility index (Phi) is 3.12. The van der Waals surface area contributed by atoms with E-state index >= 15 is 0 Å². The van der Waals surface area contributed by atoms with Crippen LogP contribution in [0, 0.1) is 0 Å². The van der Waals surface area contributed by atoms with E-state index in [1.807, 2.05) is 30.5 Å². The molecule has 1 aromatic carbocycles. The first-order valence-electron chi connectivity index (χ1n) is 6.02. The summed E-state index contributed by atoms with van der Waals surface area (Å²) >= 11 is 5.86. The molecular weight excluding hydrogens is 276 g/mol. The fourth-order valence-corrected chi connectivity index (χ4v) is 2.19. The number of halogens is 1. The van der Waals surface area contributed by atoms with Crippen LogP contribution in [0.3, 0.4) is 0 Å². The number of hydrogen-bond acceptors (Lipinski definition) is 3. The SMILES string of the molecule is NC(=O)c1cccn2c(Cc3ccc(Cl)cc3)nnc12. The van der Waals surface area contributed by atoms with Crippen LogP contribution in [0.15, 0.2) is 42.6 Å². The van der Waals surface area contributed by atoms with Gasteiger partial charge < -0.3 is 5.73 Å². The molecule has 2 heterocycles. The van der Waals surface area contributed by atoms with E-state index in [4.69, 9.17) is 17.3 Å². The zero-order valence-corrected chi connectivity index (χ0v) is 11.2. The third kappa shape index (κ3) is 2.23. The fourth-order valence-electron chi connectivity index (χ4n) is 2.06. The Bertz CT molecular complexity index is 779. The molecule has 0 atom stereocenters. The van der Waals surface area contributed by atoms with E-state index in [9.17, 15) is 4.79 Å². The number of carbonyl (C=O) groups excluding carboxylic acids is 1. The van der Waals surface area contributed by atoms with Gasteiger partial charge in [0.15, 0.2) is 5.65 Å². The van der Waals surface area contributed by atoms with Crippen LogP contribution >= 0.6 is 11.6 Å². The van der Waals surface area contributed by atoms with Crippen molar-refractivity contribution in [1.29, 1.82) is 0 Å². The summed E-state index contributed by atoms with van der Waals surface area (Å²) in [6, 6.07) is 10.9. The second-order valence-electron chi connectivity index (χ2n) is 4.40. The van der Waals surface area contributed by atoms with Crippen molar-refractivity contribution in [3.8, 4) is 0 Å². The van der Waals surface area contributed by atoms with Crippen molar-refractivity contribution in [1.82, 2.24) is 14.6 Å². The number of amides is 1. The average molecular weight is 287 g/mol. The summed E-state index contributed by atoms with van der Waals surface area (Å²) in [5, 5.41) is 8.86. The van der Waals surface area contributed by atoms with Crippen LogP contribution in [0.1, 0.15) is 21.7 Å². The van der Waals surface area contributed by atoms with Crippen molar-refractivity contribution < 1.29 is 4.79 Å². The number of nitrogens with zero attached hydrogens (tertiary/aromatic N) is 3. The average Bonchev–Trinajstić information content (AvgIpc) is 2.84. The van der Waals surface area contributed by atoms with Crippen molar-refractivity contribution in [3.63, 3.8) is 0 Å². The Morgan fingerprint density at radius 3 is 2.65 bits per heavy atom. The number of pyridine rings is 1. The van der Waals surface area contributed by atoms with Crippen molar-refractivity contribution in [3.05, 3.63) is 64.6 Å². The second-order valence-corrected chi connectivity index (χ2v) is 4.84. The lowest BCUT2D eigenvalue weighted by molar-refractivity contribution is 0.100. The standard InChI is InChI=1S/C14H11ClN4O/c15-10-5-3-9(4-6-10)8-12-17-18-14-11(13(16)20)2-1-7-19(12)14/h1-7H,8H2,(H2,16,20). The number of aromatic nitrogens is 3. The highest BCUT2D eigenvalue weighted by molar-refractivity contribution is 6.30. The highest BCUT2D eigenvalue weighted by Gasteiger charge is 2.12. The Balaban J connectivity index is 2.03. The summed E-state index contributed by atoms with van der Waals surface area (Å²) in [6.07, 6.45) is 2.41. The van der Waals surface area contributed by atoms with Crippen LogP contribution in [-0.2, 0) is 6.42 Å². The molecular formula is C14H11ClN4O. The summed E-state index contributed by atoms with van der Waals surface area (Å²) in [7, 11) is 0. The van der Waals surface area contributed by atoms with Gasteiger partial charge in [-0.1, -0.05) is 23.7 Å². The minimum Gasteiger partial charge on any atom is -0.365 e. The fraction of sp³-hybridized carbons (Fsp3) is 0.0714. The number of benzene rings is 1. The molecule has 2 aromatic heterocycles. The molecule has 0 bridgehead atoms. The number of rotatable bonds is 3. The first-order chi connectivity index (χ1) is 9.65. The quantitative estimate of drug-likeness (QED) is 0.801. The second kappa shape index (κ2) is 4.94. The van der Waals surface area contributed by atoms with E-state index in [1.54, 1.807) is 16.5 Å². The zero-order chi connectivity index (χ0) is 14.1. The molecule has 0 aliphatic heterocycles. The molecule has 0 saturated carbocycles. The predicted octanol–water partition coefficient (Wildman–Crippen LogP) is 2.07. The lowest BCUT2D eigenvalue weighted by Gasteiger charge is -2.02. The maximum absolute atomic E-state index is 11.3. The van der Waals surface area contributed by atoms with Crippen molar-refractivity contribution in [2.45, 2.75) is 6.42 Å². The molecule has 3 rings (SSSR count). The molecule has 0 aliphatic carbocycles. The minimum atomic E-state index is -0.513. The van der Waals surface area contributed by atoms with Crippen molar-refractivity contribution >= 4 is 23.2 Å². The van der Waals surface area contributed by atoms with Gasteiger partial charge in [0, 0.05) is 17.6 Å². The third-order valence-corrected chi connectivity index (χ3v) is 3.30. The number of primary amides is 1. The molecule has 20 heavy (non-hydrogen) atoms. The van der Waals surface area contributed by atoms with Crippen LogP contribution in [-0.4, -0.2) is 20.5 Å². The molecule has 100 valence electrons. The Morgan fingerprint density at radius 1 is 1.20 bits per heavy atom. The van der Waals surface area contributed by atoms with Gasteiger partial charge in [-0.3, -0.25) is 9.20 Å². The van der Waals surface area contributed by atoms with Crippen LogP contribution in [0.2, 0.25) is 5.02 Å². The van der Waals surface area contributed by atoms with Crippen molar-refractivity contribution in [2.24, 2.45) is 5.73 Å². The van der Waals surface area contributed by atoms with Gasteiger partial charge in [0.2, 0.25) is 0 Å². The third-order valence-electron chi connectivity index (χ3n) is 3.05. The van der Waals surface area contributed by atoms with Gasteiger partial charge in [-0.25, -0.2) is 0 Å².